The third-order valence-corrected chi connectivity index (χ3v) is 3.04. The summed E-state index contributed by atoms with van der Waals surface area (Å²) in [6, 6.07) is 5.80. The lowest BCUT2D eigenvalue weighted by atomic mass is 9.97. The Labute approximate surface area is 102 Å². The quantitative estimate of drug-likeness (QED) is 0.861. The zero-order valence-corrected chi connectivity index (χ0v) is 10.7. The van der Waals surface area contributed by atoms with Crippen molar-refractivity contribution in [3.05, 3.63) is 29.5 Å². The van der Waals surface area contributed by atoms with Crippen molar-refractivity contribution in [3.63, 3.8) is 0 Å². The van der Waals surface area contributed by atoms with Crippen LogP contribution in [0.5, 0.6) is 5.75 Å². The molecule has 0 bridgehead atoms. The number of nitrogens with zero attached hydrogens (tertiary/aromatic N) is 1. The van der Waals surface area contributed by atoms with Crippen molar-refractivity contribution < 1.29 is 4.74 Å². The third kappa shape index (κ3) is 1.93. The van der Waals surface area contributed by atoms with Crippen molar-refractivity contribution in [3.8, 4) is 5.75 Å². The molecule has 0 amide bonds. The summed E-state index contributed by atoms with van der Waals surface area (Å²) < 4.78 is 5.22. The van der Waals surface area contributed by atoms with Crippen molar-refractivity contribution >= 4 is 16.6 Å². The zero-order valence-electron chi connectivity index (χ0n) is 10.7. The lowest BCUT2D eigenvalue weighted by Crippen LogP contribution is -2.03. The standard InChI is InChI=1S/C14H18N2O/c1-8(2)13-9(3)16-12-6-5-10(17-4)7-11(12)14(13)15/h5-8H,1-4H3,(H2,15,16). The number of benzene rings is 1. The number of methoxy groups -OCH3 is 1. The number of pyridine rings is 1. The van der Waals surface area contributed by atoms with Crippen molar-refractivity contribution in [1.82, 2.24) is 4.98 Å². The first-order chi connectivity index (χ1) is 8.04. The smallest absolute Gasteiger partial charge is 0.119 e. The van der Waals surface area contributed by atoms with Crippen LogP contribution in [0.15, 0.2) is 18.2 Å². The van der Waals surface area contributed by atoms with Gasteiger partial charge in [-0.05, 0) is 36.6 Å². The van der Waals surface area contributed by atoms with E-state index in [2.05, 4.69) is 18.8 Å². The number of ether oxygens (including phenoxy) is 1. The molecule has 0 fully saturated rings. The highest BCUT2D eigenvalue weighted by atomic mass is 16.5. The van der Waals surface area contributed by atoms with Crippen molar-refractivity contribution in [2.45, 2.75) is 26.7 Å². The Morgan fingerprint density at radius 2 is 2.00 bits per heavy atom. The van der Waals surface area contributed by atoms with Gasteiger partial charge in [-0.1, -0.05) is 13.8 Å². The summed E-state index contributed by atoms with van der Waals surface area (Å²) in [5, 5.41) is 0.971. The molecule has 3 heteroatoms. The van der Waals surface area contributed by atoms with Gasteiger partial charge in [-0.25, -0.2) is 0 Å². The SMILES string of the molecule is COc1ccc2nc(C)c(C(C)C)c(N)c2c1. The molecule has 1 aromatic heterocycles. The number of aryl methyl sites for hydroxylation is 1. The number of anilines is 1. The molecule has 1 heterocycles. The lowest BCUT2D eigenvalue weighted by molar-refractivity contribution is 0.415. The summed E-state index contributed by atoms with van der Waals surface area (Å²) in [4.78, 5) is 4.60. The molecule has 0 saturated heterocycles. The average molecular weight is 230 g/mol. The van der Waals surface area contributed by atoms with Crippen LogP contribution in [0.25, 0.3) is 10.9 Å². The molecular formula is C14H18N2O. The fourth-order valence-corrected chi connectivity index (χ4v) is 2.27. The third-order valence-electron chi connectivity index (χ3n) is 3.04. The lowest BCUT2D eigenvalue weighted by Gasteiger charge is -2.15. The number of nitrogen functional groups attached to an aromatic ring is 1. The number of hydrogen-bond donors (Lipinski definition) is 1. The number of rotatable bonds is 2. The highest BCUT2D eigenvalue weighted by Crippen LogP contribution is 2.32. The molecule has 17 heavy (non-hydrogen) atoms. The fraction of sp³-hybridized carbons (Fsp3) is 0.357. The van der Waals surface area contributed by atoms with Crippen LogP contribution in [0.1, 0.15) is 31.0 Å². The number of fused-ring (bicyclic) bond motifs is 1. The minimum Gasteiger partial charge on any atom is -0.497 e. The number of hydrogen-bond acceptors (Lipinski definition) is 3. The molecule has 0 saturated carbocycles. The van der Waals surface area contributed by atoms with Gasteiger partial charge in [0, 0.05) is 16.8 Å². The molecule has 0 atom stereocenters. The second-order valence-electron chi connectivity index (χ2n) is 4.56. The van der Waals surface area contributed by atoms with E-state index in [1.54, 1.807) is 7.11 Å². The van der Waals surface area contributed by atoms with Gasteiger partial charge in [-0.15, -0.1) is 0 Å². The normalized spacial score (nSPS) is 11.1. The molecule has 90 valence electrons. The Morgan fingerprint density at radius 3 is 2.59 bits per heavy atom. The molecule has 2 rings (SSSR count). The van der Waals surface area contributed by atoms with E-state index >= 15 is 0 Å². The highest BCUT2D eigenvalue weighted by molar-refractivity contribution is 5.93. The average Bonchev–Trinajstić information content (AvgIpc) is 2.28. The van der Waals surface area contributed by atoms with Crippen LogP contribution >= 0.6 is 0 Å². The van der Waals surface area contributed by atoms with E-state index in [9.17, 15) is 0 Å². The molecule has 0 aliphatic heterocycles. The van der Waals surface area contributed by atoms with Crippen LogP contribution < -0.4 is 10.5 Å². The van der Waals surface area contributed by atoms with Gasteiger partial charge in [0.2, 0.25) is 0 Å². The van der Waals surface area contributed by atoms with E-state index in [1.165, 1.54) is 0 Å². The maximum Gasteiger partial charge on any atom is 0.119 e. The van der Waals surface area contributed by atoms with Gasteiger partial charge in [0.15, 0.2) is 0 Å². The van der Waals surface area contributed by atoms with Crippen LogP contribution in [0.4, 0.5) is 5.69 Å². The highest BCUT2D eigenvalue weighted by Gasteiger charge is 2.13. The summed E-state index contributed by atoms with van der Waals surface area (Å²) in [6.45, 7) is 6.27. The van der Waals surface area contributed by atoms with E-state index in [1.807, 2.05) is 25.1 Å². The second kappa shape index (κ2) is 4.24. The van der Waals surface area contributed by atoms with Crippen LogP contribution in [-0.4, -0.2) is 12.1 Å². The Bertz CT molecular complexity index is 562. The summed E-state index contributed by atoms with van der Waals surface area (Å²) in [5.41, 5.74) is 10.1. The Kier molecular flexibility index (Phi) is 2.92. The Hall–Kier alpha value is -1.77. The first-order valence-corrected chi connectivity index (χ1v) is 5.78. The number of nitrogens with two attached hydrogens (primary N) is 1. The predicted octanol–water partition coefficient (Wildman–Crippen LogP) is 3.26. The van der Waals surface area contributed by atoms with E-state index in [0.29, 0.717) is 5.92 Å². The second-order valence-corrected chi connectivity index (χ2v) is 4.56. The van der Waals surface area contributed by atoms with E-state index in [4.69, 9.17) is 10.5 Å². The number of aromatic nitrogens is 1. The summed E-state index contributed by atoms with van der Waals surface area (Å²) in [7, 11) is 1.66. The molecule has 2 N–H and O–H groups in total. The predicted molar refractivity (Wildman–Crippen MR) is 71.5 cm³/mol. The van der Waals surface area contributed by atoms with Gasteiger partial charge >= 0.3 is 0 Å². The van der Waals surface area contributed by atoms with E-state index in [-0.39, 0.29) is 0 Å². The molecule has 0 aliphatic carbocycles. The maximum absolute atomic E-state index is 6.25. The maximum atomic E-state index is 6.25. The molecule has 0 radical (unpaired) electrons. The van der Waals surface area contributed by atoms with Crippen LogP contribution in [0, 0.1) is 6.92 Å². The van der Waals surface area contributed by atoms with Crippen molar-refractivity contribution in [2.24, 2.45) is 0 Å². The van der Waals surface area contributed by atoms with Crippen LogP contribution in [-0.2, 0) is 0 Å². The van der Waals surface area contributed by atoms with E-state index in [0.717, 1.165) is 33.6 Å². The summed E-state index contributed by atoms with van der Waals surface area (Å²) in [5.74, 6) is 1.18. The summed E-state index contributed by atoms with van der Waals surface area (Å²) >= 11 is 0. The van der Waals surface area contributed by atoms with E-state index < -0.39 is 0 Å². The van der Waals surface area contributed by atoms with Crippen molar-refractivity contribution in [2.75, 3.05) is 12.8 Å². The van der Waals surface area contributed by atoms with Gasteiger partial charge in [0.1, 0.15) is 5.75 Å². The van der Waals surface area contributed by atoms with Crippen LogP contribution in [0.2, 0.25) is 0 Å². The molecule has 2 aromatic rings. The van der Waals surface area contributed by atoms with Crippen molar-refractivity contribution in [1.29, 1.82) is 0 Å². The van der Waals surface area contributed by atoms with Gasteiger partial charge in [-0.3, -0.25) is 4.98 Å². The fourth-order valence-electron chi connectivity index (χ4n) is 2.27. The molecule has 0 aliphatic rings. The first-order valence-electron chi connectivity index (χ1n) is 5.78. The van der Waals surface area contributed by atoms with Gasteiger partial charge in [0.05, 0.1) is 12.6 Å². The molecule has 1 aromatic carbocycles. The minimum atomic E-state index is 0.373. The van der Waals surface area contributed by atoms with Crippen LogP contribution in [0.3, 0.4) is 0 Å². The van der Waals surface area contributed by atoms with Gasteiger partial charge in [0.25, 0.3) is 0 Å². The molecule has 3 nitrogen and oxygen atoms in total. The Morgan fingerprint density at radius 1 is 1.29 bits per heavy atom. The molecular weight excluding hydrogens is 212 g/mol. The first kappa shape index (κ1) is 11.7. The van der Waals surface area contributed by atoms with Gasteiger partial charge in [-0.2, -0.15) is 0 Å². The van der Waals surface area contributed by atoms with Gasteiger partial charge < -0.3 is 10.5 Å². The molecule has 0 unspecified atom stereocenters. The largest absolute Gasteiger partial charge is 0.497 e. The topological polar surface area (TPSA) is 48.1 Å². The zero-order chi connectivity index (χ0) is 12.6. The summed E-state index contributed by atoms with van der Waals surface area (Å²) in [6.07, 6.45) is 0. The minimum absolute atomic E-state index is 0.373. The molecule has 0 spiro atoms. The monoisotopic (exact) mass is 230 g/mol. The Balaban J connectivity index is 2.79.